The Hall–Kier alpha value is -2.56. The first kappa shape index (κ1) is 14.8. The zero-order valence-corrected chi connectivity index (χ0v) is 12.5. The van der Waals surface area contributed by atoms with Crippen LogP contribution in [-0.4, -0.2) is 10.9 Å². The zero-order valence-electron chi connectivity index (χ0n) is 12.5. The SMILES string of the molecule is Cc1cc(C)c(C(N)=O)c(NC(C)c2ccc(N)cc2)n1. The molecule has 0 saturated carbocycles. The first-order chi connectivity index (χ1) is 9.88. The number of rotatable bonds is 4. The molecule has 1 aromatic carbocycles. The first-order valence-electron chi connectivity index (χ1n) is 6.78. The van der Waals surface area contributed by atoms with Crippen molar-refractivity contribution >= 4 is 17.4 Å². The maximum atomic E-state index is 11.6. The molecule has 0 saturated heterocycles. The van der Waals surface area contributed by atoms with Crippen LogP contribution in [0.3, 0.4) is 0 Å². The molecule has 21 heavy (non-hydrogen) atoms. The van der Waals surface area contributed by atoms with Crippen LogP contribution in [0.15, 0.2) is 30.3 Å². The summed E-state index contributed by atoms with van der Waals surface area (Å²) in [6, 6.07) is 9.41. The summed E-state index contributed by atoms with van der Waals surface area (Å²) >= 11 is 0. The van der Waals surface area contributed by atoms with Crippen LogP contribution < -0.4 is 16.8 Å². The molecule has 2 rings (SSSR count). The van der Waals surface area contributed by atoms with Crippen molar-refractivity contribution < 1.29 is 4.79 Å². The molecule has 1 aromatic heterocycles. The Balaban J connectivity index is 2.34. The Labute approximate surface area is 124 Å². The van der Waals surface area contributed by atoms with E-state index in [2.05, 4.69) is 10.3 Å². The number of nitrogens with zero attached hydrogens (tertiary/aromatic N) is 1. The lowest BCUT2D eigenvalue weighted by molar-refractivity contribution is 0.1000. The molecule has 1 amide bonds. The highest BCUT2D eigenvalue weighted by molar-refractivity contribution is 5.99. The summed E-state index contributed by atoms with van der Waals surface area (Å²) in [4.78, 5) is 16.0. The molecule has 0 aliphatic rings. The van der Waals surface area contributed by atoms with E-state index in [9.17, 15) is 4.79 Å². The van der Waals surface area contributed by atoms with Gasteiger partial charge in [0.25, 0.3) is 5.91 Å². The Morgan fingerprint density at radius 1 is 1.24 bits per heavy atom. The van der Waals surface area contributed by atoms with E-state index in [-0.39, 0.29) is 6.04 Å². The van der Waals surface area contributed by atoms with Crippen LogP contribution in [0.2, 0.25) is 0 Å². The zero-order chi connectivity index (χ0) is 15.6. The van der Waals surface area contributed by atoms with E-state index in [1.807, 2.05) is 51.1 Å². The highest BCUT2D eigenvalue weighted by atomic mass is 16.1. The number of hydrogen-bond acceptors (Lipinski definition) is 4. The fourth-order valence-electron chi connectivity index (χ4n) is 2.33. The van der Waals surface area contributed by atoms with Gasteiger partial charge in [-0.2, -0.15) is 0 Å². The topological polar surface area (TPSA) is 94.0 Å². The van der Waals surface area contributed by atoms with E-state index in [1.54, 1.807) is 0 Å². The Morgan fingerprint density at radius 3 is 2.43 bits per heavy atom. The second-order valence-electron chi connectivity index (χ2n) is 5.20. The number of anilines is 2. The highest BCUT2D eigenvalue weighted by Crippen LogP contribution is 2.24. The molecule has 0 aliphatic carbocycles. The van der Waals surface area contributed by atoms with E-state index in [0.717, 1.165) is 16.8 Å². The number of nitrogen functional groups attached to an aromatic ring is 1. The van der Waals surface area contributed by atoms with E-state index < -0.39 is 5.91 Å². The third kappa shape index (κ3) is 3.31. The number of aryl methyl sites for hydroxylation is 2. The maximum Gasteiger partial charge on any atom is 0.252 e. The van der Waals surface area contributed by atoms with Crippen molar-refractivity contribution in [1.82, 2.24) is 4.98 Å². The Kier molecular flexibility index (Phi) is 4.12. The van der Waals surface area contributed by atoms with Crippen molar-refractivity contribution in [2.24, 2.45) is 5.73 Å². The van der Waals surface area contributed by atoms with Crippen molar-refractivity contribution in [2.75, 3.05) is 11.1 Å². The molecule has 1 heterocycles. The molecule has 0 radical (unpaired) electrons. The van der Waals surface area contributed by atoms with Crippen molar-refractivity contribution in [2.45, 2.75) is 26.8 Å². The number of nitrogens with two attached hydrogens (primary N) is 2. The van der Waals surface area contributed by atoms with Gasteiger partial charge >= 0.3 is 0 Å². The van der Waals surface area contributed by atoms with Gasteiger partial charge in [-0.15, -0.1) is 0 Å². The van der Waals surface area contributed by atoms with Crippen molar-refractivity contribution in [3.05, 3.63) is 52.7 Å². The molecular formula is C16H20N4O. The third-order valence-electron chi connectivity index (χ3n) is 3.38. The van der Waals surface area contributed by atoms with Gasteiger partial charge in [-0.3, -0.25) is 4.79 Å². The highest BCUT2D eigenvalue weighted by Gasteiger charge is 2.16. The lowest BCUT2D eigenvalue weighted by Gasteiger charge is -2.18. The van der Waals surface area contributed by atoms with Crippen LogP contribution in [0.4, 0.5) is 11.5 Å². The minimum atomic E-state index is -0.480. The molecular weight excluding hydrogens is 264 g/mol. The fraction of sp³-hybridized carbons (Fsp3) is 0.250. The Bertz CT molecular complexity index is 665. The minimum absolute atomic E-state index is 0.0163. The van der Waals surface area contributed by atoms with Gasteiger partial charge in [0, 0.05) is 17.4 Å². The predicted molar refractivity (Wildman–Crippen MR) is 85.1 cm³/mol. The van der Waals surface area contributed by atoms with Crippen LogP contribution in [-0.2, 0) is 0 Å². The summed E-state index contributed by atoms with van der Waals surface area (Å²) < 4.78 is 0. The van der Waals surface area contributed by atoms with E-state index >= 15 is 0 Å². The number of nitrogens with one attached hydrogen (secondary N) is 1. The van der Waals surface area contributed by atoms with E-state index in [1.165, 1.54) is 0 Å². The normalized spacial score (nSPS) is 12.0. The van der Waals surface area contributed by atoms with Crippen molar-refractivity contribution in [3.8, 4) is 0 Å². The summed E-state index contributed by atoms with van der Waals surface area (Å²) in [7, 11) is 0. The van der Waals surface area contributed by atoms with Gasteiger partial charge < -0.3 is 16.8 Å². The second-order valence-corrected chi connectivity index (χ2v) is 5.20. The standard InChI is InChI=1S/C16H20N4O/c1-9-8-10(2)19-16(14(9)15(18)21)20-11(3)12-4-6-13(17)7-5-12/h4-8,11H,17H2,1-3H3,(H2,18,21)(H,19,20). The summed E-state index contributed by atoms with van der Waals surface area (Å²) in [6.45, 7) is 5.74. The van der Waals surface area contributed by atoms with Gasteiger partial charge in [0.2, 0.25) is 0 Å². The number of primary amides is 1. The largest absolute Gasteiger partial charge is 0.399 e. The molecule has 1 atom stereocenters. The molecule has 5 nitrogen and oxygen atoms in total. The minimum Gasteiger partial charge on any atom is -0.399 e. The summed E-state index contributed by atoms with van der Waals surface area (Å²) in [5.41, 5.74) is 15.0. The van der Waals surface area contributed by atoms with Gasteiger partial charge in [0.15, 0.2) is 0 Å². The monoisotopic (exact) mass is 284 g/mol. The van der Waals surface area contributed by atoms with Crippen LogP contribution in [0, 0.1) is 13.8 Å². The summed E-state index contributed by atoms with van der Waals surface area (Å²) in [6.07, 6.45) is 0. The van der Waals surface area contributed by atoms with Gasteiger partial charge in [0.1, 0.15) is 5.82 Å². The number of benzene rings is 1. The molecule has 5 N–H and O–H groups in total. The predicted octanol–water partition coefficient (Wildman–Crippen LogP) is 2.55. The van der Waals surface area contributed by atoms with Crippen molar-refractivity contribution in [1.29, 1.82) is 0 Å². The van der Waals surface area contributed by atoms with Gasteiger partial charge in [-0.1, -0.05) is 12.1 Å². The lowest BCUT2D eigenvalue weighted by Crippen LogP contribution is -2.19. The first-order valence-corrected chi connectivity index (χ1v) is 6.78. The molecule has 110 valence electrons. The Morgan fingerprint density at radius 2 is 1.86 bits per heavy atom. The second kappa shape index (κ2) is 5.83. The molecule has 0 fully saturated rings. The van der Waals surface area contributed by atoms with Crippen LogP contribution >= 0.6 is 0 Å². The molecule has 2 aromatic rings. The van der Waals surface area contributed by atoms with Gasteiger partial charge in [-0.25, -0.2) is 4.98 Å². The maximum absolute atomic E-state index is 11.6. The van der Waals surface area contributed by atoms with Gasteiger partial charge in [0.05, 0.1) is 5.56 Å². The fourth-order valence-corrected chi connectivity index (χ4v) is 2.33. The average molecular weight is 284 g/mol. The number of pyridine rings is 1. The summed E-state index contributed by atoms with van der Waals surface area (Å²) in [5, 5.41) is 3.26. The molecule has 0 bridgehead atoms. The summed E-state index contributed by atoms with van der Waals surface area (Å²) in [5.74, 6) is 0.0383. The van der Waals surface area contributed by atoms with Crippen LogP contribution in [0.5, 0.6) is 0 Å². The van der Waals surface area contributed by atoms with E-state index in [4.69, 9.17) is 11.5 Å². The smallest absolute Gasteiger partial charge is 0.252 e. The number of hydrogen-bond donors (Lipinski definition) is 3. The number of aromatic nitrogens is 1. The van der Waals surface area contributed by atoms with Crippen LogP contribution in [0.1, 0.15) is 40.1 Å². The molecule has 5 heteroatoms. The van der Waals surface area contributed by atoms with Gasteiger partial charge in [-0.05, 0) is 50.1 Å². The molecule has 1 unspecified atom stereocenters. The number of amides is 1. The molecule has 0 aliphatic heterocycles. The number of carbonyl (C=O) groups is 1. The molecule has 0 spiro atoms. The number of carbonyl (C=O) groups excluding carboxylic acids is 1. The quantitative estimate of drug-likeness (QED) is 0.752. The third-order valence-corrected chi connectivity index (χ3v) is 3.38. The van der Waals surface area contributed by atoms with E-state index in [0.29, 0.717) is 17.1 Å². The van der Waals surface area contributed by atoms with Crippen LogP contribution in [0.25, 0.3) is 0 Å². The lowest BCUT2D eigenvalue weighted by atomic mass is 10.1. The average Bonchev–Trinajstić information content (AvgIpc) is 2.37. The van der Waals surface area contributed by atoms with Crippen molar-refractivity contribution in [3.63, 3.8) is 0 Å².